The predicted octanol–water partition coefficient (Wildman–Crippen LogP) is 3.30. The highest BCUT2D eigenvalue weighted by Gasteiger charge is 2.16. The molecule has 4 nitrogen and oxygen atoms in total. The summed E-state index contributed by atoms with van der Waals surface area (Å²) >= 11 is 9.13. The molecule has 0 saturated carbocycles. The molecule has 0 aliphatic carbocycles. The molecule has 0 saturated heterocycles. The molecule has 7 heteroatoms. The normalized spacial score (nSPS) is 11.2. The average Bonchev–Trinajstić information content (AvgIpc) is 2.36. The van der Waals surface area contributed by atoms with Gasteiger partial charge in [-0.05, 0) is 40.2 Å². The lowest BCUT2D eigenvalue weighted by molar-refractivity contribution is 0.601. The van der Waals surface area contributed by atoms with Crippen molar-refractivity contribution in [3.05, 3.63) is 52.2 Å². The van der Waals surface area contributed by atoms with Gasteiger partial charge in [-0.3, -0.25) is 9.71 Å². The van der Waals surface area contributed by atoms with Gasteiger partial charge in [0, 0.05) is 12.4 Å². The van der Waals surface area contributed by atoms with E-state index in [-0.39, 0.29) is 4.90 Å². The van der Waals surface area contributed by atoms with Gasteiger partial charge in [-0.1, -0.05) is 17.7 Å². The SMILES string of the molecule is O=S(=O)(Nc1cccc(Cl)c1Br)c1cccnc1. The van der Waals surface area contributed by atoms with E-state index >= 15 is 0 Å². The van der Waals surface area contributed by atoms with E-state index in [1.54, 1.807) is 24.3 Å². The van der Waals surface area contributed by atoms with Crippen LogP contribution in [0, 0.1) is 0 Å². The van der Waals surface area contributed by atoms with Crippen LogP contribution in [0.4, 0.5) is 5.69 Å². The third kappa shape index (κ3) is 2.82. The number of halogens is 2. The van der Waals surface area contributed by atoms with E-state index < -0.39 is 10.0 Å². The molecule has 0 radical (unpaired) electrons. The van der Waals surface area contributed by atoms with Crippen molar-refractivity contribution < 1.29 is 8.42 Å². The lowest BCUT2D eigenvalue weighted by Crippen LogP contribution is -2.13. The van der Waals surface area contributed by atoms with Gasteiger partial charge in [0.15, 0.2) is 0 Å². The fourth-order valence-electron chi connectivity index (χ4n) is 1.29. The Labute approximate surface area is 118 Å². The van der Waals surface area contributed by atoms with Crippen LogP contribution in [0.15, 0.2) is 52.1 Å². The third-order valence-electron chi connectivity index (χ3n) is 2.14. The van der Waals surface area contributed by atoms with Crippen molar-refractivity contribution in [1.82, 2.24) is 4.98 Å². The first-order chi connectivity index (χ1) is 8.50. The Hall–Kier alpha value is -1.11. The molecule has 1 heterocycles. The molecule has 18 heavy (non-hydrogen) atoms. The van der Waals surface area contributed by atoms with Gasteiger partial charge < -0.3 is 0 Å². The predicted molar refractivity (Wildman–Crippen MR) is 74.2 cm³/mol. The largest absolute Gasteiger partial charge is 0.278 e. The number of hydrogen-bond acceptors (Lipinski definition) is 3. The van der Waals surface area contributed by atoms with Crippen LogP contribution in [0.3, 0.4) is 0 Å². The highest BCUT2D eigenvalue weighted by molar-refractivity contribution is 9.10. The minimum Gasteiger partial charge on any atom is -0.278 e. The Balaban J connectivity index is 2.37. The zero-order valence-electron chi connectivity index (χ0n) is 8.97. The van der Waals surface area contributed by atoms with Gasteiger partial charge in [0.1, 0.15) is 4.90 Å². The number of benzene rings is 1. The average molecular weight is 348 g/mol. The molecule has 1 N–H and O–H groups in total. The monoisotopic (exact) mass is 346 g/mol. The number of aromatic nitrogens is 1. The van der Waals surface area contributed by atoms with Gasteiger partial charge in [0.05, 0.1) is 15.2 Å². The highest BCUT2D eigenvalue weighted by atomic mass is 79.9. The van der Waals surface area contributed by atoms with Crippen LogP contribution < -0.4 is 4.72 Å². The zero-order valence-corrected chi connectivity index (χ0v) is 12.1. The summed E-state index contributed by atoms with van der Waals surface area (Å²) in [5.41, 5.74) is 0.381. The number of nitrogens with zero attached hydrogens (tertiary/aromatic N) is 1. The van der Waals surface area contributed by atoms with Crippen molar-refractivity contribution in [2.75, 3.05) is 4.72 Å². The molecular weight excluding hydrogens is 340 g/mol. The van der Waals surface area contributed by atoms with Crippen molar-refractivity contribution in [2.24, 2.45) is 0 Å². The van der Waals surface area contributed by atoms with E-state index in [2.05, 4.69) is 25.6 Å². The molecule has 0 fully saturated rings. The molecule has 0 amide bonds. The lowest BCUT2D eigenvalue weighted by Gasteiger charge is -2.10. The van der Waals surface area contributed by atoms with E-state index in [1.165, 1.54) is 18.5 Å². The quantitative estimate of drug-likeness (QED) is 0.927. The van der Waals surface area contributed by atoms with E-state index in [0.29, 0.717) is 15.2 Å². The summed E-state index contributed by atoms with van der Waals surface area (Å²) in [5.74, 6) is 0. The molecule has 0 aliphatic rings. The maximum Gasteiger partial charge on any atom is 0.263 e. The Morgan fingerprint density at radius 2 is 2.00 bits per heavy atom. The molecule has 0 unspecified atom stereocenters. The van der Waals surface area contributed by atoms with Crippen LogP contribution in [-0.4, -0.2) is 13.4 Å². The first-order valence-electron chi connectivity index (χ1n) is 4.87. The minimum absolute atomic E-state index is 0.0943. The van der Waals surface area contributed by atoms with Crippen LogP contribution in [0.5, 0.6) is 0 Å². The van der Waals surface area contributed by atoms with Crippen LogP contribution in [0.25, 0.3) is 0 Å². The molecule has 2 aromatic rings. The highest BCUT2D eigenvalue weighted by Crippen LogP contribution is 2.31. The maximum absolute atomic E-state index is 12.1. The number of sulfonamides is 1. The molecule has 2 rings (SSSR count). The first kappa shape index (κ1) is 13.3. The molecule has 1 aromatic heterocycles. The van der Waals surface area contributed by atoms with E-state index in [1.807, 2.05) is 0 Å². The fraction of sp³-hybridized carbons (Fsp3) is 0. The molecule has 1 aromatic carbocycles. The summed E-state index contributed by atoms with van der Waals surface area (Å²) in [5, 5.41) is 0.432. The van der Waals surface area contributed by atoms with Crippen molar-refractivity contribution >= 4 is 43.2 Å². The maximum atomic E-state index is 12.1. The summed E-state index contributed by atoms with van der Waals surface area (Å²) in [6.07, 6.45) is 2.79. The Morgan fingerprint density at radius 3 is 2.67 bits per heavy atom. The number of anilines is 1. The second-order valence-electron chi connectivity index (χ2n) is 3.40. The lowest BCUT2D eigenvalue weighted by atomic mass is 10.3. The topological polar surface area (TPSA) is 59.1 Å². The zero-order chi connectivity index (χ0) is 13.2. The summed E-state index contributed by atoms with van der Waals surface area (Å²) in [4.78, 5) is 3.87. The van der Waals surface area contributed by atoms with Gasteiger partial charge in [-0.2, -0.15) is 0 Å². The van der Waals surface area contributed by atoms with Crippen molar-refractivity contribution in [3.8, 4) is 0 Å². The Bertz CT molecular complexity index is 662. The van der Waals surface area contributed by atoms with Gasteiger partial charge in [-0.25, -0.2) is 8.42 Å². The second kappa shape index (κ2) is 5.26. The number of rotatable bonds is 3. The van der Waals surface area contributed by atoms with Crippen LogP contribution in [-0.2, 0) is 10.0 Å². The van der Waals surface area contributed by atoms with Crippen LogP contribution in [0.1, 0.15) is 0 Å². The summed E-state index contributed by atoms with van der Waals surface area (Å²) < 4.78 is 27.0. The molecule has 0 bridgehead atoms. The second-order valence-corrected chi connectivity index (χ2v) is 6.28. The third-order valence-corrected chi connectivity index (χ3v) is 4.89. The molecule has 0 spiro atoms. The summed E-state index contributed by atoms with van der Waals surface area (Å²) in [6.45, 7) is 0. The minimum atomic E-state index is -3.65. The standard InChI is InChI=1S/C11H8BrClN2O2S/c12-11-9(13)4-1-5-10(11)15-18(16,17)8-3-2-6-14-7-8/h1-7,15H. The Kier molecular flexibility index (Phi) is 3.89. The van der Waals surface area contributed by atoms with Crippen molar-refractivity contribution in [1.29, 1.82) is 0 Å². The van der Waals surface area contributed by atoms with Gasteiger partial charge in [-0.15, -0.1) is 0 Å². The Morgan fingerprint density at radius 1 is 1.22 bits per heavy atom. The molecule has 0 aliphatic heterocycles. The van der Waals surface area contributed by atoms with E-state index in [4.69, 9.17) is 11.6 Å². The molecule has 0 atom stereocenters. The van der Waals surface area contributed by atoms with Crippen molar-refractivity contribution in [3.63, 3.8) is 0 Å². The van der Waals surface area contributed by atoms with Crippen LogP contribution in [0.2, 0.25) is 5.02 Å². The first-order valence-corrected chi connectivity index (χ1v) is 7.53. The molecular formula is C11H8BrClN2O2S. The smallest absolute Gasteiger partial charge is 0.263 e. The van der Waals surface area contributed by atoms with Gasteiger partial charge in [0.2, 0.25) is 0 Å². The van der Waals surface area contributed by atoms with Crippen LogP contribution >= 0.6 is 27.5 Å². The van der Waals surface area contributed by atoms with E-state index in [0.717, 1.165) is 0 Å². The number of pyridine rings is 1. The fourth-order valence-corrected chi connectivity index (χ4v) is 3.00. The van der Waals surface area contributed by atoms with E-state index in [9.17, 15) is 8.42 Å². The number of hydrogen-bond donors (Lipinski definition) is 1. The summed E-state index contributed by atoms with van der Waals surface area (Å²) in [6, 6.07) is 7.96. The summed E-state index contributed by atoms with van der Waals surface area (Å²) in [7, 11) is -3.65. The van der Waals surface area contributed by atoms with Gasteiger partial charge >= 0.3 is 0 Å². The van der Waals surface area contributed by atoms with Crippen molar-refractivity contribution in [2.45, 2.75) is 4.90 Å². The van der Waals surface area contributed by atoms with Gasteiger partial charge in [0.25, 0.3) is 10.0 Å². The molecule has 94 valence electrons. The number of nitrogens with one attached hydrogen (secondary N) is 1.